The van der Waals surface area contributed by atoms with Gasteiger partial charge in [-0.25, -0.2) is 0 Å². The highest BCUT2D eigenvalue weighted by Crippen LogP contribution is 2.17. The van der Waals surface area contributed by atoms with Gasteiger partial charge in [-0.3, -0.25) is 14.4 Å². The van der Waals surface area contributed by atoms with E-state index in [1.54, 1.807) is 0 Å². The molecule has 0 saturated carbocycles. The third-order valence-corrected chi connectivity index (χ3v) is 5.70. The minimum absolute atomic E-state index is 0.158. The molecule has 3 N–H and O–H groups in total. The van der Waals surface area contributed by atoms with Crippen molar-refractivity contribution in [3.8, 4) is 0 Å². The lowest BCUT2D eigenvalue weighted by Crippen LogP contribution is -2.50. The van der Waals surface area contributed by atoms with E-state index in [0.717, 1.165) is 56.3 Å². The lowest BCUT2D eigenvalue weighted by molar-refractivity contribution is -0.923. The van der Waals surface area contributed by atoms with Gasteiger partial charge in [-0.15, -0.1) is 0 Å². The predicted molar refractivity (Wildman–Crippen MR) is 122 cm³/mol. The number of carboxylic acids is 3. The van der Waals surface area contributed by atoms with Crippen LogP contribution in [0.5, 0.6) is 0 Å². The molecule has 7 nitrogen and oxygen atoms in total. The van der Waals surface area contributed by atoms with Crippen molar-refractivity contribution >= 4 is 17.9 Å². The molecule has 0 aliphatic heterocycles. The second-order valence-electron chi connectivity index (χ2n) is 8.57. The largest absolute Gasteiger partial charge is 0.481 e. The summed E-state index contributed by atoms with van der Waals surface area (Å²) in [6.07, 6.45) is 15.1. The first-order valence-corrected chi connectivity index (χ1v) is 12.0. The van der Waals surface area contributed by atoms with Crippen LogP contribution in [0.15, 0.2) is 12.2 Å². The van der Waals surface area contributed by atoms with E-state index in [0.29, 0.717) is 19.3 Å². The first-order chi connectivity index (χ1) is 14.8. The lowest BCUT2D eigenvalue weighted by atomic mass is 10.1. The van der Waals surface area contributed by atoms with E-state index < -0.39 is 17.9 Å². The van der Waals surface area contributed by atoms with E-state index in [9.17, 15) is 14.4 Å². The fraction of sp³-hybridized carbons (Fsp3) is 0.792. The van der Waals surface area contributed by atoms with Crippen LogP contribution in [0.3, 0.4) is 0 Å². The average molecular weight is 443 g/mol. The number of rotatable bonds is 22. The van der Waals surface area contributed by atoms with E-state index in [4.69, 9.17) is 15.3 Å². The average Bonchev–Trinajstić information content (AvgIpc) is 2.70. The van der Waals surface area contributed by atoms with Crippen molar-refractivity contribution in [2.24, 2.45) is 0 Å². The third-order valence-electron chi connectivity index (χ3n) is 5.70. The fourth-order valence-electron chi connectivity index (χ4n) is 3.88. The summed E-state index contributed by atoms with van der Waals surface area (Å²) in [5.74, 6) is -2.35. The number of hydrogen-bond donors (Lipinski definition) is 3. The van der Waals surface area contributed by atoms with Crippen LogP contribution < -0.4 is 0 Å². The molecule has 7 heteroatoms. The molecule has 31 heavy (non-hydrogen) atoms. The maximum Gasteiger partial charge on any atom is 0.303 e. The molecule has 0 saturated heterocycles. The molecule has 0 aromatic heterocycles. The number of carboxylic acid groups (broad SMARTS) is 3. The summed E-state index contributed by atoms with van der Waals surface area (Å²) < 4.78 is 0.782. The van der Waals surface area contributed by atoms with Gasteiger partial charge in [-0.2, -0.15) is 0 Å². The van der Waals surface area contributed by atoms with Gasteiger partial charge in [0.05, 0.1) is 26.2 Å². The summed E-state index contributed by atoms with van der Waals surface area (Å²) in [5.41, 5.74) is 0. The summed E-state index contributed by atoms with van der Waals surface area (Å²) in [7, 11) is 0. The van der Waals surface area contributed by atoms with Gasteiger partial charge in [-0.05, 0) is 57.4 Å². The first kappa shape index (κ1) is 29.1. The molecule has 0 fully saturated rings. The number of allylic oxidation sites excluding steroid dienone is 1. The Bertz CT molecular complexity index is 477. The highest BCUT2D eigenvalue weighted by atomic mass is 16.4. The van der Waals surface area contributed by atoms with Gasteiger partial charge >= 0.3 is 17.9 Å². The second-order valence-corrected chi connectivity index (χ2v) is 8.57. The van der Waals surface area contributed by atoms with E-state index in [-0.39, 0.29) is 19.3 Å². The minimum atomic E-state index is -0.784. The predicted octanol–water partition coefficient (Wildman–Crippen LogP) is 5.09. The van der Waals surface area contributed by atoms with Gasteiger partial charge in [0, 0.05) is 19.3 Å². The Kier molecular flexibility index (Phi) is 17.7. The molecule has 0 radical (unpaired) electrons. The maximum absolute atomic E-state index is 10.9. The second kappa shape index (κ2) is 18.8. The van der Waals surface area contributed by atoms with Crippen molar-refractivity contribution < 1.29 is 34.2 Å². The smallest absolute Gasteiger partial charge is 0.303 e. The first-order valence-electron chi connectivity index (χ1n) is 12.0. The Hall–Kier alpha value is -1.89. The molecule has 0 unspecified atom stereocenters. The standard InChI is InChI=1S/C24H43NO6/c1-2-3-4-5-6-7-11-18-25(19-12-8-15-22(26)27,20-13-9-16-23(28)29)21-14-10-17-24(30)31/h7,11H,2-6,8-10,12-21H2,1H3,(H2-,26,27,28,29,30,31)/p+1/b11-7+. The molecule has 0 amide bonds. The number of carbonyl (C=O) groups is 3. The Labute approximate surface area is 187 Å². The van der Waals surface area contributed by atoms with Crippen LogP contribution in [-0.4, -0.2) is 63.9 Å². The zero-order valence-electron chi connectivity index (χ0n) is 19.4. The van der Waals surface area contributed by atoms with E-state index in [2.05, 4.69) is 19.1 Å². The molecular formula is C24H44NO6+. The molecule has 0 aromatic carbocycles. The van der Waals surface area contributed by atoms with Crippen LogP contribution in [0.2, 0.25) is 0 Å². The zero-order chi connectivity index (χ0) is 23.4. The van der Waals surface area contributed by atoms with Gasteiger partial charge in [0.15, 0.2) is 0 Å². The Balaban J connectivity index is 4.98. The fourth-order valence-corrected chi connectivity index (χ4v) is 3.88. The topological polar surface area (TPSA) is 112 Å². The number of nitrogens with zero attached hydrogens (tertiary/aromatic N) is 1. The quantitative estimate of drug-likeness (QED) is 0.122. The van der Waals surface area contributed by atoms with Crippen molar-refractivity contribution in [3.63, 3.8) is 0 Å². The van der Waals surface area contributed by atoms with Gasteiger partial charge in [0.25, 0.3) is 0 Å². The summed E-state index contributed by atoms with van der Waals surface area (Å²) in [6, 6.07) is 0. The monoisotopic (exact) mass is 442 g/mol. The summed E-state index contributed by atoms with van der Waals surface area (Å²) in [4.78, 5) is 32.6. The van der Waals surface area contributed by atoms with Gasteiger partial charge in [-0.1, -0.05) is 32.3 Å². The molecule has 0 aromatic rings. The Morgan fingerprint density at radius 1 is 0.613 bits per heavy atom. The Morgan fingerprint density at radius 2 is 1.06 bits per heavy atom. The van der Waals surface area contributed by atoms with E-state index >= 15 is 0 Å². The summed E-state index contributed by atoms with van der Waals surface area (Å²) in [5, 5.41) is 26.8. The van der Waals surface area contributed by atoms with Crippen LogP contribution in [0.1, 0.15) is 96.8 Å². The zero-order valence-corrected chi connectivity index (χ0v) is 19.4. The van der Waals surface area contributed by atoms with Gasteiger partial charge in [0.2, 0.25) is 0 Å². The number of unbranched alkanes of at least 4 members (excludes halogenated alkanes) is 7. The van der Waals surface area contributed by atoms with Crippen LogP contribution in [0.4, 0.5) is 0 Å². The molecule has 0 aliphatic carbocycles. The van der Waals surface area contributed by atoms with Crippen molar-refractivity contribution in [1.29, 1.82) is 0 Å². The van der Waals surface area contributed by atoms with Gasteiger partial charge < -0.3 is 19.8 Å². The van der Waals surface area contributed by atoms with Crippen molar-refractivity contribution in [3.05, 3.63) is 12.2 Å². The minimum Gasteiger partial charge on any atom is -0.481 e. The van der Waals surface area contributed by atoms with Crippen LogP contribution >= 0.6 is 0 Å². The third kappa shape index (κ3) is 18.6. The normalized spacial score (nSPS) is 11.8. The van der Waals surface area contributed by atoms with Crippen LogP contribution in [0, 0.1) is 0 Å². The summed E-state index contributed by atoms with van der Waals surface area (Å²) >= 11 is 0. The molecule has 0 bridgehead atoms. The molecule has 0 heterocycles. The molecule has 0 spiro atoms. The highest BCUT2D eigenvalue weighted by molar-refractivity contribution is 5.67. The maximum atomic E-state index is 10.9. The van der Waals surface area contributed by atoms with Crippen molar-refractivity contribution in [2.45, 2.75) is 96.8 Å². The van der Waals surface area contributed by atoms with Crippen molar-refractivity contribution in [1.82, 2.24) is 0 Å². The Morgan fingerprint density at radius 3 is 1.45 bits per heavy atom. The van der Waals surface area contributed by atoms with Gasteiger partial charge in [0.1, 0.15) is 0 Å². The molecule has 0 atom stereocenters. The van der Waals surface area contributed by atoms with E-state index in [1.807, 2.05) is 0 Å². The lowest BCUT2D eigenvalue weighted by Gasteiger charge is -2.38. The number of aliphatic carboxylic acids is 3. The molecular weight excluding hydrogens is 398 g/mol. The van der Waals surface area contributed by atoms with E-state index in [1.165, 1.54) is 25.7 Å². The van der Waals surface area contributed by atoms with Crippen molar-refractivity contribution in [2.75, 3.05) is 26.2 Å². The number of quaternary nitrogens is 1. The number of hydrogen-bond acceptors (Lipinski definition) is 3. The molecule has 0 aliphatic rings. The summed E-state index contributed by atoms with van der Waals surface area (Å²) in [6.45, 7) is 5.55. The molecule has 180 valence electrons. The highest BCUT2D eigenvalue weighted by Gasteiger charge is 2.25. The molecule has 0 rings (SSSR count). The SMILES string of the molecule is CCCCCC/C=C/C[N+](CCCCC(=O)O)(CCCCC(=O)O)CCCCC(=O)O. The van der Waals surface area contributed by atoms with Crippen LogP contribution in [-0.2, 0) is 14.4 Å². The van der Waals surface area contributed by atoms with Crippen LogP contribution in [0.25, 0.3) is 0 Å².